The Kier molecular flexibility index (Phi) is 11.5. The van der Waals surface area contributed by atoms with Crippen molar-refractivity contribution in [1.29, 1.82) is 0 Å². The quantitative estimate of drug-likeness (QED) is 0.0789. The largest absolute Gasteiger partial charge is 0.496 e. The summed E-state index contributed by atoms with van der Waals surface area (Å²) in [6.45, 7) is 5.59. The molecule has 256 valence electrons. The van der Waals surface area contributed by atoms with E-state index in [1.165, 1.54) is 0 Å². The zero-order chi connectivity index (χ0) is 34.2. The summed E-state index contributed by atoms with van der Waals surface area (Å²) < 4.78 is 25.5. The van der Waals surface area contributed by atoms with Crippen molar-refractivity contribution >= 4 is 22.7 Å². The van der Waals surface area contributed by atoms with Crippen LogP contribution in [0.4, 0.5) is 22.7 Å². The van der Waals surface area contributed by atoms with Crippen LogP contribution in [0, 0.1) is 0 Å². The van der Waals surface area contributed by atoms with Gasteiger partial charge in [-0.15, -0.1) is 0 Å². The predicted molar refractivity (Wildman–Crippen MR) is 198 cm³/mol. The minimum absolute atomic E-state index is 0.518. The Hall–Kier alpha value is -4.72. The lowest BCUT2D eigenvalue weighted by molar-refractivity contribution is 0.300. The molecule has 48 heavy (non-hydrogen) atoms. The second kappa shape index (κ2) is 15.9. The van der Waals surface area contributed by atoms with Crippen molar-refractivity contribution in [2.75, 3.05) is 50.4 Å². The van der Waals surface area contributed by atoms with Crippen LogP contribution in [0.3, 0.4) is 0 Å². The molecule has 0 amide bonds. The summed E-state index contributed by atoms with van der Waals surface area (Å²) in [5, 5.41) is 0. The predicted octanol–water partition coefficient (Wildman–Crippen LogP) is 7.85. The lowest BCUT2D eigenvalue weighted by Crippen LogP contribution is -2.10. The monoisotopic (exact) mass is 652 g/mol. The van der Waals surface area contributed by atoms with Crippen molar-refractivity contribution in [3.8, 4) is 23.0 Å². The van der Waals surface area contributed by atoms with Gasteiger partial charge >= 0.3 is 0 Å². The molecule has 8 nitrogen and oxygen atoms in total. The molecule has 1 aliphatic rings. The van der Waals surface area contributed by atoms with E-state index in [9.17, 15) is 0 Å². The first-order chi connectivity index (χ1) is 23.2. The highest BCUT2D eigenvalue weighted by atomic mass is 16.5. The molecule has 0 saturated carbocycles. The molecule has 0 atom stereocenters. The van der Waals surface area contributed by atoms with E-state index in [2.05, 4.69) is 13.8 Å². The van der Waals surface area contributed by atoms with Crippen molar-refractivity contribution in [3.05, 3.63) is 93.0 Å². The molecule has 0 radical (unpaired) electrons. The van der Waals surface area contributed by atoms with Crippen LogP contribution in [0.1, 0.15) is 96.9 Å². The first-order valence-electron chi connectivity index (χ1n) is 17.2. The SMILES string of the molecule is CCCCCOc1c2cc(N)cc1Cc1cc(N)cc(c1OC)Cc1cc(N)cc(c1OCCCCC)Cc1cc(N)cc(c1OC)C2. The number of unbranched alkanes of at least 4 members (excludes halogenated alkanes) is 4. The van der Waals surface area contributed by atoms with Crippen LogP contribution in [-0.4, -0.2) is 27.4 Å². The Labute approximate surface area is 285 Å². The van der Waals surface area contributed by atoms with Crippen molar-refractivity contribution in [3.63, 3.8) is 0 Å². The Morgan fingerprint density at radius 3 is 0.896 bits per heavy atom. The molecule has 0 spiro atoms. The van der Waals surface area contributed by atoms with Gasteiger partial charge in [-0.1, -0.05) is 39.5 Å². The maximum atomic E-state index is 6.61. The van der Waals surface area contributed by atoms with Gasteiger partial charge in [0.1, 0.15) is 23.0 Å². The van der Waals surface area contributed by atoms with Crippen LogP contribution < -0.4 is 41.9 Å². The Morgan fingerprint density at radius 2 is 0.667 bits per heavy atom. The van der Waals surface area contributed by atoms with Crippen molar-refractivity contribution in [2.24, 2.45) is 0 Å². The molecule has 0 aliphatic heterocycles. The summed E-state index contributed by atoms with van der Waals surface area (Å²) in [7, 11) is 3.42. The number of rotatable bonds is 12. The summed E-state index contributed by atoms with van der Waals surface area (Å²) >= 11 is 0. The fourth-order valence-electron chi connectivity index (χ4n) is 6.94. The van der Waals surface area contributed by atoms with Crippen LogP contribution in [0.15, 0.2) is 48.5 Å². The van der Waals surface area contributed by atoms with E-state index in [0.717, 1.165) is 106 Å². The maximum Gasteiger partial charge on any atom is 0.126 e. The zero-order valence-electron chi connectivity index (χ0n) is 29.0. The van der Waals surface area contributed by atoms with Gasteiger partial charge in [0.15, 0.2) is 0 Å². The molecule has 8 bridgehead atoms. The second-order valence-corrected chi connectivity index (χ2v) is 12.9. The van der Waals surface area contributed by atoms with Gasteiger partial charge in [0.25, 0.3) is 0 Å². The van der Waals surface area contributed by atoms with Gasteiger partial charge in [0.2, 0.25) is 0 Å². The van der Waals surface area contributed by atoms with Gasteiger partial charge in [0.05, 0.1) is 27.4 Å². The number of ether oxygens (including phenoxy) is 4. The fourth-order valence-corrected chi connectivity index (χ4v) is 6.94. The Balaban J connectivity index is 1.76. The summed E-state index contributed by atoms with van der Waals surface area (Å²) in [4.78, 5) is 0. The number of hydrogen-bond donors (Lipinski definition) is 4. The molecule has 8 N–H and O–H groups in total. The van der Waals surface area contributed by atoms with Gasteiger partial charge in [-0.25, -0.2) is 0 Å². The van der Waals surface area contributed by atoms with E-state index in [1.807, 2.05) is 48.5 Å². The van der Waals surface area contributed by atoms with Crippen LogP contribution >= 0.6 is 0 Å². The number of nitrogen functional groups attached to an aromatic ring is 4. The summed E-state index contributed by atoms with van der Waals surface area (Å²) in [5.41, 5.74) is 36.7. The fraction of sp³-hybridized carbons (Fsp3) is 0.400. The average molecular weight is 653 g/mol. The highest BCUT2D eigenvalue weighted by Gasteiger charge is 2.23. The highest BCUT2D eigenvalue weighted by Crippen LogP contribution is 2.41. The van der Waals surface area contributed by atoms with Gasteiger partial charge in [-0.3, -0.25) is 0 Å². The van der Waals surface area contributed by atoms with E-state index >= 15 is 0 Å². The number of benzene rings is 4. The van der Waals surface area contributed by atoms with Gasteiger partial charge < -0.3 is 41.9 Å². The van der Waals surface area contributed by atoms with Crippen LogP contribution in [0.25, 0.3) is 0 Å². The van der Waals surface area contributed by atoms with Crippen molar-refractivity contribution in [1.82, 2.24) is 0 Å². The first-order valence-corrected chi connectivity index (χ1v) is 17.2. The molecule has 4 aromatic carbocycles. The third-order valence-electron chi connectivity index (χ3n) is 8.98. The summed E-state index contributed by atoms with van der Waals surface area (Å²) in [6.07, 6.45) is 8.39. The van der Waals surface area contributed by atoms with Crippen molar-refractivity contribution < 1.29 is 18.9 Å². The second-order valence-electron chi connectivity index (χ2n) is 12.9. The molecule has 0 fully saturated rings. The third-order valence-corrected chi connectivity index (χ3v) is 8.98. The zero-order valence-corrected chi connectivity index (χ0v) is 29.0. The normalized spacial score (nSPS) is 12.4. The van der Waals surface area contributed by atoms with Crippen LogP contribution in [0.2, 0.25) is 0 Å². The molecule has 0 aromatic heterocycles. The number of methoxy groups -OCH3 is 2. The van der Waals surface area contributed by atoms with Gasteiger partial charge in [0, 0.05) is 92.9 Å². The molecular weight excluding hydrogens is 600 g/mol. The van der Waals surface area contributed by atoms with Crippen LogP contribution in [0.5, 0.6) is 23.0 Å². The molecule has 8 heteroatoms. The number of anilines is 4. The number of hydrogen-bond acceptors (Lipinski definition) is 8. The molecule has 1 aliphatic carbocycles. The summed E-state index contributed by atoms with van der Waals surface area (Å²) in [6, 6.07) is 15.9. The Morgan fingerprint density at radius 1 is 0.417 bits per heavy atom. The van der Waals surface area contributed by atoms with Crippen LogP contribution in [-0.2, 0) is 25.7 Å². The molecule has 0 saturated heterocycles. The van der Waals surface area contributed by atoms with E-state index in [4.69, 9.17) is 41.9 Å². The number of fused-ring (bicyclic) bond motifs is 8. The topological polar surface area (TPSA) is 141 Å². The molecule has 0 heterocycles. The lowest BCUT2D eigenvalue weighted by Gasteiger charge is -2.23. The molecule has 0 unspecified atom stereocenters. The average Bonchev–Trinajstić information content (AvgIpc) is 3.02. The third kappa shape index (κ3) is 8.04. The van der Waals surface area contributed by atoms with Crippen molar-refractivity contribution in [2.45, 2.75) is 78.1 Å². The molecular formula is C40H52N4O4. The highest BCUT2D eigenvalue weighted by molar-refractivity contribution is 5.64. The van der Waals surface area contributed by atoms with Gasteiger partial charge in [-0.2, -0.15) is 0 Å². The minimum Gasteiger partial charge on any atom is -0.496 e. The standard InChI is InChI=1S/C40H52N4O4/c1-5-7-9-11-47-39-29-13-25-17-33(41)19-27(37(25)45-3)15-31-23-36(44)24-32(40(31)48-12-10-8-6-2)16-28-20-34(42)18-26(38(28)46-4)14-30(39)22-35(43)21-29/h17-24H,5-16,41-44H2,1-4H3. The lowest BCUT2D eigenvalue weighted by atomic mass is 9.90. The maximum absolute atomic E-state index is 6.61. The molecule has 4 aromatic rings. The Bertz CT molecular complexity index is 1510. The van der Waals surface area contributed by atoms with E-state index < -0.39 is 0 Å². The smallest absolute Gasteiger partial charge is 0.126 e. The molecule has 5 rings (SSSR count). The minimum atomic E-state index is 0.518. The van der Waals surface area contributed by atoms with Gasteiger partial charge in [-0.05, 0) is 61.4 Å². The van der Waals surface area contributed by atoms with E-state index in [0.29, 0.717) is 61.6 Å². The summed E-state index contributed by atoms with van der Waals surface area (Å²) in [5.74, 6) is 3.20. The van der Waals surface area contributed by atoms with E-state index in [1.54, 1.807) is 14.2 Å². The van der Waals surface area contributed by atoms with E-state index in [-0.39, 0.29) is 0 Å². The number of nitrogens with two attached hydrogens (primary N) is 4. The first kappa shape index (κ1) is 34.6.